The molecule has 128 valence electrons. The number of hydrogen-bond donors (Lipinski definition) is 0. The van der Waals surface area contributed by atoms with Gasteiger partial charge in [0.05, 0.1) is 11.4 Å². The molecule has 4 rings (SSSR count). The second-order valence-corrected chi connectivity index (χ2v) is 6.96. The summed E-state index contributed by atoms with van der Waals surface area (Å²) in [6.07, 6.45) is 2.30. The summed E-state index contributed by atoms with van der Waals surface area (Å²) in [5.74, 6) is -0.130. The summed E-state index contributed by atoms with van der Waals surface area (Å²) in [6.45, 7) is 2.70. The van der Waals surface area contributed by atoms with E-state index >= 15 is 0 Å². The first-order valence-electron chi connectivity index (χ1n) is 8.56. The first-order chi connectivity index (χ1) is 12.0. The smallest absolute Gasteiger partial charge is 0.250 e. The lowest BCUT2D eigenvalue weighted by atomic mass is 9.95. The summed E-state index contributed by atoms with van der Waals surface area (Å²) in [7, 11) is 1.84. The van der Waals surface area contributed by atoms with E-state index in [0.717, 1.165) is 54.0 Å². The van der Waals surface area contributed by atoms with E-state index < -0.39 is 5.54 Å². The highest BCUT2D eigenvalue weighted by Gasteiger charge is 2.48. The number of halogens is 1. The quantitative estimate of drug-likeness (QED) is 0.843. The number of likely N-dealkylation sites (N-methyl/N-ethyl adjacent to an activating group) is 1. The molecule has 4 nitrogen and oxygen atoms in total. The number of rotatable bonds is 2. The molecule has 0 radical (unpaired) electrons. The molecule has 0 saturated carbocycles. The van der Waals surface area contributed by atoms with Crippen LogP contribution in [-0.4, -0.2) is 40.6 Å². The average Bonchev–Trinajstić information content (AvgIpc) is 3.15. The van der Waals surface area contributed by atoms with Crippen molar-refractivity contribution in [3.8, 4) is 11.1 Å². The molecule has 25 heavy (non-hydrogen) atoms. The summed E-state index contributed by atoms with van der Waals surface area (Å²) in [6, 6.07) is 10.4. The number of aromatic nitrogens is 1. The van der Waals surface area contributed by atoms with Crippen LogP contribution in [0.25, 0.3) is 11.1 Å². The highest BCUT2D eigenvalue weighted by Crippen LogP contribution is 2.37. The summed E-state index contributed by atoms with van der Waals surface area (Å²) in [5.41, 5.74) is 3.95. The standard InChI is InChI=1S/C20H20FN3O/c1-13-11-15(14-3-5-16(21)6-4-14)12-18(22-13)17-7-8-20(23-17)9-10-24(2)19(20)25/h3-6,11-12H,7-10H2,1-2H3/t20-/m1/s1. The molecule has 1 aromatic carbocycles. The van der Waals surface area contributed by atoms with Crippen molar-refractivity contribution >= 4 is 11.6 Å². The van der Waals surface area contributed by atoms with E-state index in [0.29, 0.717) is 0 Å². The largest absolute Gasteiger partial charge is 0.344 e. The Kier molecular flexibility index (Phi) is 3.67. The van der Waals surface area contributed by atoms with Crippen LogP contribution in [0.15, 0.2) is 41.4 Å². The number of aliphatic imine (C=N–C) groups is 1. The summed E-state index contributed by atoms with van der Waals surface area (Å²) >= 11 is 0. The zero-order valence-corrected chi connectivity index (χ0v) is 14.4. The second kappa shape index (κ2) is 5.76. The number of nitrogens with zero attached hydrogens (tertiary/aromatic N) is 3. The second-order valence-electron chi connectivity index (χ2n) is 6.96. The number of amides is 1. The fraction of sp³-hybridized carbons (Fsp3) is 0.350. The van der Waals surface area contributed by atoms with Gasteiger partial charge in [0.15, 0.2) is 0 Å². The van der Waals surface area contributed by atoms with Crippen molar-refractivity contribution in [2.24, 2.45) is 4.99 Å². The number of aryl methyl sites for hydroxylation is 1. The lowest BCUT2D eigenvalue weighted by Gasteiger charge is -2.17. The van der Waals surface area contributed by atoms with Gasteiger partial charge in [-0.1, -0.05) is 12.1 Å². The van der Waals surface area contributed by atoms with Crippen molar-refractivity contribution in [3.63, 3.8) is 0 Å². The Hall–Kier alpha value is -2.56. The van der Waals surface area contributed by atoms with Gasteiger partial charge in [-0.3, -0.25) is 14.8 Å². The van der Waals surface area contributed by atoms with E-state index in [1.165, 1.54) is 12.1 Å². The van der Waals surface area contributed by atoms with Crippen LogP contribution in [0.4, 0.5) is 4.39 Å². The zero-order valence-electron chi connectivity index (χ0n) is 14.4. The van der Waals surface area contributed by atoms with Gasteiger partial charge in [0.1, 0.15) is 11.4 Å². The van der Waals surface area contributed by atoms with Crippen molar-refractivity contribution in [1.29, 1.82) is 0 Å². The Morgan fingerprint density at radius 2 is 1.88 bits per heavy atom. The van der Waals surface area contributed by atoms with E-state index in [1.807, 2.05) is 26.1 Å². The molecule has 0 aliphatic carbocycles. The SMILES string of the molecule is Cc1cc(-c2ccc(F)cc2)cc(C2=N[C@]3(CC2)CCN(C)C3=O)n1. The monoisotopic (exact) mass is 337 g/mol. The minimum absolute atomic E-state index is 0.119. The molecule has 1 spiro atoms. The third-order valence-electron chi connectivity index (χ3n) is 5.16. The predicted octanol–water partition coefficient (Wildman–Crippen LogP) is 3.38. The Balaban J connectivity index is 1.72. The minimum atomic E-state index is -0.578. The molecule has 2 aliphatic rings. The van der Waals surface area contributed by atoms with Crippen LogP contribution in [0.2, 0.25) is 0 Å². The molecule has 3 heterocycles. The average molecular weight is 337 g/mol. The Morgan fingerprint density at radius 3 is 2.56 bits per heavy atom. The Labute approximate surface area is 146 Å². The van der Waals surface area contributed by atoms with Crippen LogP contribution < -0.4 is 0 Å². The summed E-state index contributed by atoms with van der Waals surface area (Å²) in [5, 5.41) is 0. The molecule has 0 N–H and O–H groups in total. The van der Waals surface area contributed by atoms with Crippen LogP contribution in [0.5, 0.6) is 0 Å². The van der Waals surface area contributed by atoms with E-state index in [-0.39, 0.29) is 11.7 Å². The van der Waals surface area contributed by atoms with Crippen molar-refractivity contribution in [2.45, 2.75) is 31.7 Å². The van der Waals surface area contributed by atoms with Crippen molar-refractivity contribution in [3.05, 3.63) is 53.6 Å². The minimum Gasteiger partial charge on any atom is -0.344 e. The number of benzene rings is 1. The van der Waals surface area contributed by atoms with E-state index in [4.69, 9.17) is 4.99 Å². The maximum absolute atomic E-state index is 13.2. The van der Waals surface area contributed by atoms with Gasteiger partial charge in [0.2, 0.25) is 5.91 Å². The van der Waals surface area contributed by atoms with Crippen LogP contribution in [0.1, 0.15) is 30.7 Å². The van der Waals surface area contributed by atoms with E-state index in [1.54, 1.807) is 17.0 Å². The van der Waals surface area contributed by atoms with Gasteiger partial charge in [-0.15, -0.1) is 0 Å². The van der Waals surface area contributed by atoms with Gasteiger partial charge >= 0.3 is 0 Å². The van der Waals surface area contributed by atoms with E-state index in [9.17, 15) is 9.18 Å². The maximum Gasteiger partial charge on any atom is 0.250 e. The number of likely N-dealkylation sites (tertiary alicyclic amines) is 1. The molecule has 2 aliphatic heterocycles. The van der Waals surface area contributed by atoms with Gasteiger partial charge in [0, 0.05) is 19.3 Å². The molecule has 0 bridgehead atoms. The molecule has 0 unspecified atom stereocenters. The normalized spacial score (nSPS) is 22.8. The predicted molar refractivity (Wildman–Crippen MR) is 95.1 cm³/mol. The lowest BCUT2D eigenvalue weighted by molar-refractivity contribution is -0.130. The molecule has 1 amide bonds. The third-order valence-corrected chi connectivity index (χ3v) is 5.16. The summed E-state index contributed by atoms with van der Waals surface area (Å²) < 4.78 is 13.2. The molecule has 5 heteroatoms. The third kappa shape index (κ3) is 2.73. The van der Waals surface area contributed by atoms with Crippen LogP contribution in [0.3, 0.4) is 0 Å². The highest BCUT2D eigenvalue weighted by atomic mass is 19.1. The molecule has 1 aromatic heterocycles. The van der Waals surface area contributed by atoms with Crippen LogP contribution in [-0.2, 0) is 4.79 Å². The number of hydrogen-bond acceptors (Lipinski definition) is 3. The fourth-order valence-corrected chi connectivity index (χ4v) is 3.76. The summed E-state index contributed by atoms with van der Waals surface area (Å²) in [4.78, 5) is 23.7. The Morgan fingerprint density at radius 1 is 1.12 bits per heavy atom. The maximum atomic E-state index is 13.2. The first-order valence-corrected chi connectivity index (χ1v) is 8.56. The number of carbonyl (C=O) groups is 1. The van der Waals surface area contributed by atoms with Crippen molar-refractivity contribution < 1.29 is 9.18 Å². The Bertz CT molecular complexity index is 875. The zero-order chi connectivity index (χ0) is 17.6. The molecule has 2 aromatic rings. The van der Waals surface area contributed by atoms with E-state index in [2.05, 4.69) is 4.98 Å². The number of carbonyl (C=O) groups excluding carboxylic acids is 1. The lowest BCUT2D eigenvalue weighted by Crippen LogP contribution is -2.35. The van der Waals surface area contributed by atoms with Gasteiger partial charge in [-0.25, -0.2) is 4.39 Å². The van der Waals surface area contributed by atoms with Gasteiger partial charge in [-0.2, -0.15) is 0 Å². The van der Waals surface area contributed by atoms with Crippen molar-refractivity contribution in [1.82, 2.24) is 9.88 Å². The number of pyridine rings is 1. The fourth-order valence-electron chi connectivity index (χ4n) is 3.76. The molecule has 1 fully saturated rings. The first kappa shape index (κ1) is 15.9. The molecule has 1 atom stereocenters. The van der Waals surface area contributed by atoms with Gasteiger partial charge in [-0.05, 0) is 61.6 Å². The van der Waals surface area contributed by atoms with Crippen LogP contribution in [0, 0.1) is 12.7 Å². The van der Waals surface area contributed by atoms with Crippen LogP contribution >= 0.6 is 0 Å². The van der Waals surface area contributed by atoms with Crippen molar-refractivity contribution in [2.75, 3.05) is 13.6 Å². The molecular weight excluding hydrogens is 317 g/mol. The molecular formula is C20H20FN3O. The van der Waals surface area contributed by atoms with Gasteiger partial charge < -0.3 is 4.90 Å². The van der Waals surface area contributed by atoms with Gasteiger partial charge in [0.25, 0.3) is 0 Å². The highest BCUT2D eigenvalue weighted by molar-refractivity contribution is 6.05. The topological polar surface area (TPSA) is 45.6 Å². The molecule has 1 saturated heterocycles.